The Hall–Kier alpha value is -4.23. The SMILES string of the molecule is CC1=C(C(=O)Nc2ccccc2)[C@@H](c2ccc(C(C)C)cc2)n2c(s/c(=C/c3ccc(OCC(C)C)cc3)c2=O)=N1. The third-order valence-electron chi connectivity index (χ3n) is 6.98. The van der Waals surface area contributed by atoms with Crippen LogP contribution in [0.2, 0.25) is 0 Å². The highest BCUT2D eigenvalue weighted by atomic mass is 32.1. The monoisotopic (exact) mass is 565 g/mol. The molecule has 1 N–H and O–H groups in total. The highest BCUT2D eigenvalue weighted by Crippen LogP contribution is 2.31. The van der Waals surface area contributed by atoms with Gasteiger partial charge in [0.25, 0.3) is 11.5 Å². The summed E-state index contributed by atoms with van der Waals surface area (Å²) >= 11 is 1.33. The van der Waals surface area contributed by atoms with E-state index >= 15 is 0 Å². The van der Waals surface area contributed by atoms with Crippen molar-refractivity contribution in [2.45, 2.75) is 46.6 Å². The number of allylic oxidation sites excluding steroid dienone is 1. The van der Waals surface area contributed by atoms with Crippen LogP contribution in [0.3, 0.4) is 0 Å². The molecule has 0 aliphatic carbocycles. The van der Waals surface area contributed by atoms with E-state index in [0.29, 0.717) is 44.7 Å². The largest absolute Gasteiger partial charge is 0.493 e. The van der Waals surface area contributed by atoms with Gasteiger partial charge in [-0.2, -0.15) is 0 Å². The Kier molecular flexibility index (Phi) is 8.36. The standard InChI is InChI=1S/C34H35N3O3S/c1-21(2)20-40-28-17-11-24(12-18-28)19-29-33(39)37-31(26-15-13-25(14-16-26)22(3)4)30(23(5)35-34(37)41-29)32(38)36-27-9-7-6-8-10-27/h6-19,21-22,31H,20H2,1-5H3,(H,36,38)/b29-19+/t31-/m1/s1. The van der Waals surface area contributed by atoms with E-state index in [1.165, 1.54) is 16.9 Å². The maximum absolute atomic E-state index is 14.0. The number of hydrogen-bond donors (Lipinski definition) is 1. The van der Waals surface area contributed by atoms with E-state index in [2.05, 4.69) is 45.1 Å². The summed E-state index contributed by atoms with van der Waals surface area (Å²) in [6.45, 7) is 11.0. The summed E-state index contributed by atoms with van der Waals surface area (Å²) in [4.78, 5) is 33.0. The Bertz CT molecular complexity index is 1750. The molecule has 0 saturated carbocycles. The molecule has 0 radical (unpaired) electrons. The number of carbonyl (C=O) groups is 1. The van der Waals surface area contributed by atoms with Gasteiger partial charge in [-0.15, -0.1) is 0 Å². The lowest BCUT2D eigenvalue weighted by Gasteiger charge is -2.25. The van der Waals surface area contributed by atoms with Crippen molar-refractivity contribution in [3.05, 3.63) is 127 Å². The van der Waals surface area contributed by atoms with Crippen LogP contribution in [-0.2, 0) is 4.79 Å². The smallest absolute Gasteiger partial charge is 0.271 e. The number of para-hydroxylation sites is 1. The van der Waals surface area contributed by atoms with Gasteiger partial charge in [-0.05, 0) is 65.8 Å². The maximum atomic E-state index is 14.0. The van der Waals surface area contributed by atoms with Crippen LogP contribution in [0, 0.1) is 5.92 Å². The molecule has 1 aliphatic heterocycles. The van der Waals surface area contributed by atoms with Crippen molar-refractivity contribution in [1.29, 1.82) is 0 Å². The van der Waals surface area contributed by atoms with Crippen LogP contribution in [0.4, 0.5) is 5.69 Å². The van der Waals surface area contributed by atoms with Crippen LogP contribution in [0.1, 0.15) is 63.3 Å². The summed E-state index contributed by atoms with van der Waals surface area (Å²) in [6.07, 6.45) is 1.87. The van der Waals surface area contributed by atoms with Crippen LogP contribution >= 0.6 is 11.3 Å². The number of ether oxygens (including phenoxy) is 1. The quantitative estimate of drug-likeness (QED) is 0.284. The molecule has 7 heteroatoms. The Morgan fingerprint density at radius 2 is 1.68 bits per heavy atom. The fourth-order valence-electron chi connectivity index (χ4n) is 4.78. The molecule has 1 atom stereocenters. The maximum Gasteiger partial charge on any atom is 0.271 e. The predicted octanol–water partition coefficient (Wildman–Crippen LogP) is 6.03. The van der Waals surface area contributed by atoms with E-state index in [1.807, 2.05) is 79.7 Å². The molecule has 0 unspecified atom stereocenters. The van der Waals surface area contributed by atoms with Crippen molar-refractivity contribution in [2.75, 3.05) is 11.9 Å². The van der Waals surface area contributed by atoms with Gasteiger partial charge in [-0.3, -0.25) is 14.2 Å². The average molecular weight is 566 g/mol. The summed E-state index contributed by atoms with van der Waals surface area (Å²) in [5.74, 6) is 1.33. The van der Waals surface area contributed by atoms with E-state index in [1.54, 1.807) is 4.57 Å². The first-order chi connectivity index (χ1) is 19.7. The molecule has 41 heavy (non-hydrogen) atoms. The predicted molar refractivity (Wildman–Crippen MR) is 166 cm³/mol. The Morgan fingerprint density at radius 1 is 1.00 bits per heavy atom. The van der Waals surface area contributed by atoms with Gasteiger partial charge in [0.15, 0.2) is 4.80 Å². The number of carbonyl (C=O) groups excluding carboxylic acids is 1. The molecule has 0 bridgehead atoms. The third-order valence-corrected chi connectivity index (χ3v) is 7.96. The number of nitrogens with zero attached hydrogens (tertiary/aromatic N) is 2. The van der Waals surface area contributed by atoms with Gasteiger partial charge in [-0.25, -0.2) is 4.99 Å². The zero-order valence-electron chi connectivity index (χ0n) is 24.0. The van der Waals surface area contributed by atoms with Crippen LogP contribution in [0.15, 0.2) is 99.9 Å². The lowest BCUT2D eigenvalue weighted by Crippen LogP contribution is -2.40. The van der Waals surface area contributed by atoms with Crippen LogP contribution in [0.5, 0.6) is 5.75 Å². The number of rotatable bonds is 8. The second kappa shape index (κ2) is 12.1. The number of benzene rings is 3. The fourth-order valence-corrected chi connectivity index (χ4v) is 5.83. The second-order valence-corrected chi connectivity index (χ2v) is 12.0. The number of fused-ring (bicyclic) bond motifs is 1. The van der Waals surface area contributed by atoms with Crippen LogP contribution < -0.4 is 24.9 Å². The second-order valence-electron chi connectivity index (χ2n) is 11.0. The normalized spacial score (nSPS) is 15.2. The number of nitrogens with one attached hydrogen (secondary N) is 1. The van der Waals surface area contributed by atoms with E-state index in [0.717, 1.165) is 16.9 Å². The fraction of sp³-hybridized carbons (Fsp3) is 0.265. The van der Waals surface area contributed by atoms with Gasteiger partial charge >= 0.3 is 0 Å². The highest BCUT2D eigenvalue weighted by Gasteiger charge is 2.32. The van der Waals surface area contributed by atoms with Crippen molar-refractivity contribution in [2.24, 2.45) is 10.9 Å². The minimum Gasteiger partial charge on any atom is -0.493 e. The molecular weight excluding hydrogens is 530 g/mol. The summed E-state index contributed by atoms with van der Waals surface area (Å²) < 4.78 is 8.02. The molecule has 1 amide bonds. The Labute approximate surface area is 244 Å². The molecule has 3 aromatic carbocycles. The van der Waals surface area contributed by atoms with Crippen molar-refractivity contribution in [1.82, 2.24) is 4.57 Å². The minimum atomic E-state index is -0.606. The van der Waals surface area contributed by atoms with E-state index < -0.39 is 6.04 Å². The van der Waals surface area contributed by atoms with Gasteiger partial charge in [0.2, 0.25) is 0 Å². The number of thiazole rings is 1. The molecule has 0 spiro atoms. The summed E-state index contributed by atoms with van der Waals surface area (Å²) in [7, 11) is 0. The third kappa shape index (κ3) is 6.25. The zero-order valence-corrected chi connectivity index (χ0v) is 24.9. The first-order valence-electron chi connectivity index (χ1n) is 13.9. The minimum absolute atomic E-state index is 0.177. The molecule has 0 fully saturated rings. The zero-order chi connectivity index (χ0) is 29.1. The van der Waals surface area contributed by atoms with Gasteiger partial charge in [0.05, 0.1) is 28.5 Å². The molecule has 6 nitrogen and oxygen atoms in total. The lowest BCUT2D eigenvalue weighted by atomic mass is 9.93. The van der Waals surface area contributed by atoms with Gasteiger partial charge < -0.3 is 10.1 Å². The van der Waals surface area contributed by atoms with Gasteiger partial charge in [0.1, 0.15) is 5.75 Å². The summed E-state index contributed by atoms with van der Waals surface area (Å²) in [6, 6.07) is 24.6. The number of anilines is 1. The van der Waals surface area contributed by atoms with Crippen LogP contribution in [0.25, 0.3) is 6.08 Å². The molecule has 4 aromatic rings. The van der Waals surface area contributed by atoms with Gasteiger partial charge in [0, 0.05) is 5.69 Å². The van der Waals surface area contributed by atoms with E-state index in [4.69, 9.17) is 9.73 Å². The molecule has 1 aliphatic rings. The number of hydrogen-bond acceptors (Lipinski definition) is 5. The van der Waals surface area contributed by atoms with Crippen LogP contribution in [-0.4, -0.2) is 17.1 Å². The number of amides is 1. The van der Waals surface area contributed by atoms with Crippen molar-refractivity contribution < 1.29 is 9.53 Å². The summed E-state index contributed by atoms with van der Waals surface area (Å²) in [5.41, 5.74) is 4.50. The average Bonchev–Trinajstić information content (AvgIpc) is 3.26. The first kappa shape index (κ1) is 28.3. The molecule has 1 aromatic heterocycles. The van der Waals surface area contributed by atoms with Crippen molar-refractivity contribution >= 4 is 29.0 Å². The Balaban J connectivity index is 1.58. The highest BCUT2D eigenvalue weighted by molar-refractivity contribution is 7.07. The van der Waals surface area contributed by atoms with E-state index in [-0.39, 0.29) is 11.5 Å². The summed E-state index contributed by atoms with van der Waals surface area (Å²) in [5, 5.41) is 3.00. The van der Waals surface area contributed by atoms with E-state index in [9.17, 15) is 9.59 Å². The first-order valence-corrected chi connectivity index (χ1v) is 14.7. The molecular formula is C34H35N3O3S. The molecule has 5 rings (SSSR count). The Morgan fingerprint density at radius 3 is 2.32 bits per heavy atom. The lowest BCUT2D eigenvalue weighted by molar-refractivity contribution is -0.113. The van der Waals surface area contributed by atoms with Crippen molar-refractivity contribution in [3.8, 4) is 5.75 Å². The topological polar surface area (TPSA) is 72.7 Å². The molecule has 210 valence electrons. The van der Waals surface area contributed by atoms with Crippen molar-refractivity contribution in [3.63, 3.8) is 0 Å². The molecule has 0 saturated heterocycles. The van der Waals surface area contributed by atoms with Gasteiger partial charge in [-0.1, -0.05) is 93.6 Å². The number of aromatic nitrogens is 1. The molecule has 2 heterocycles.